The SMILES string of the molecule is OC1(c2ccccc2OC(F)(F)F)CCCC(C2CC2)C1. The minimum absolute atomic E-state index is 0.271. The Kier molecular flexibility index (Phi) is 3.64. The van der Waals surface area contributed by atoms with Gasteiger partial charge in [0.05, 0.1) is 5.60 Å². The Morgan fingerprint density at radius 2 is 1.81 bits per heavy atom. The van der Waals surface area contributed by atoms with Crippen molar-refractivity contribution in [1.82, 2.24) is 0 Å². The van der Waals surface area contributed by atoms with Crippen LogP contribution in [0.1, 0.15) is 44.1 Å². The number of ether oxygens (including phenoxy) is 1. The molecule has 0 aromatic heterocycles. The molecule has 2 aliphatic rings. The highest BCUT2D eigenvalue weighted by atomic mass is 19.4. The fraction of sp³-hybridized carbons (Fsp3) is 0.625. The van der Waals surface area contributed by atoms with Crippen molar-refractivity contribution in [2.75, 3.05) is 0 Å². The molecular weight excluding hydrogens is 281 g/mol. The van der Waals surface area contributed by atoms with Crippen LogP contribution >= 0.6 is 0 Å². The van der Waals surface area contributed by atoms with Crippen molar-refractivity contribution in [2.24, 2.45) is 11.8 Å². The van der Waals surface area contributed by atoms with Gasteiger partial charge < -0.3 is 9.84 Å². The summed E-state index contributed by atoms with van der Waals surface area (Å²) in [5, 5.41) is 10.9. The third-order valence-corrected chi connectivity index (χ3v) is 4.67. The highest BCUT2D eigenvalue weighted by molar-refractivity contribution is 5.38. The van der Waals surface area contributed by atoms with Crippen LogP contribution in [0.3, 0.4) is 0 Å². The van der Waals surface area contributed by atoms with Crippen LogP contribution in [0.4, 0.5) is 13.2 Å². The van der Waals surface area contributed by atoms with Crippen LogP contribution in [0.5, 0.6) is 5.75 Å². The van der Waals surface area contributed by atoms with Gasteiger partial charge in [0.25, 0.3) is 0 Å². The Morgan fingerprint density at radius 3 is 2.48 bits per heavy atom. The maximum atomic E-state index is 12.5. The fourth-order valence-electron chi connectivity index (χ4n) is 3.57. The second-order valence-corrected chi connectivity index (χ2v) is 6.27. The number of para-hydroxylation sites is 1. The monoisotopic (exact) mass is 300 g/mol. The summed E-state index contributed by atoms with van der Waals surface area (Å²) in [6, 6.07) is 5.98. The van der Waals surface area contributed by atoms with Crippen molar-refractivity contribution < 1.29 is 23.0 Å². The number of aliphatic hydroxyl groups is 1. The van der Waals surface area contributed by atoms with E-state index in [1.807, 2.05) is 0 Å². The molecule has 2 atom stereocenters. The quantitative estimate of drug-likeness (QED) is 0.898. The molecule has 1 N–H and O–H groups in total. The van der Waals surface area contributed by atoms with Crippen molar-refractivity contribution in [2.45, 2.75) is 50.5 Å². The summed E-state index contributed by atoms with van der Waals surface area (Å²) in [4.78, 5) is 0. The molecule has 0 radical (unpaired) electrons. The summed E-state index contributed by atoms with van der Waals surface area (Å²) in [6.45, 7) is 0. The zero-order valence-electron chi connectivity index (χ0n) is 11.7. The van der Waals surface area contributed by atoms with E-state index in [1.54, 1.807) is 12.1 Å². The minimum atomic E-state index is -4.74. The topological polar surface area (TPSA) is 29.5 Å². The second-order valence-electron chi connectivity index (χ2n) is 6.27. The van der Waals surface area contributed by atoms with Crippen LogP contribution in [-0.2, 0) is 5.60 Å². The van der Waals surface area contributed by atoms with E-state index in [1.165, 1.54) is 25.0 Å². The smallest absolute Gasteiger partial charge is 0.405 e. The Labute approximate surface area is 121 Å². The van der Waals surface area contributed by atoms with E-state index in [4.69, 9.17) is 0 Å². The summed E-state index contributed by atoms with van der Waals surface area (Å²) in [6.07, 6.45) is 0.567. The van der Waals surface area contributed by atoms with Crippen molar-refractivity contribution in [3.8, 4) is 5.75 Å². The molecule has 2 aliphatic carbocycles. The molecule has 0 heterocycles. The molecule has 0 aliphatic heterocycles. The standard InChI is InChI=1S/C16H19F3O2/c17-16(18,19)21-14-6-2-1-5-13(14)15(20)9-3-4-12(10-15)11-7-8-11/h1-2,5-6,11-12,20H,3-4,7-10H2. The van der Waals surface area contributed by atoms with Crippen molar-refractivity contribution in [3.05, 3.63) is 29.8 Å². The highest BCUT2D eigenvalue weighted by Crippen LogP contribution is 2.51. The molecular formula is C16H19F3O2. The lowest BCUT2D eigenvalue weighted by Crippen LogP contribution is -2.34. The van der Waals surface area contributed by atoms with Crippen molar-refractivity contribution in [1.29, 1.82) is 0 Å². The van der Waals surface area contributed by atoms with Gasteiger partial charge in [-0.3, -0.25) is 0 Å². The zero-order valence-corrected chi connectivity index (χ0v) is 11.7. The Hall–Kier alpha value is -1.23. The van der Waals surface area contributed by atoms with Gasteiger partial charge in [-0.15, -0.1) is 13.2 Å². The molecule has 2 saturated carbocycles. The average Bonchev–Trinajstić information content (AvgIpc) is 3.21. The second kappa shape index (κ2) is 5.20. The predicted molar refractivity (Wildman–Crippen MR) is 71.7 cm³/mol. The van der Waals surface area contributed by atoms with Crippen LogP contribution < -0.4 is 4.74 Å². The lowest BCUT2D eigenvalue weighted by Gasteiger charge is -2.38. The van der Waals surface area contributed by atoms with Gasteiger partial charge in [-0.25, -0.2) is 0 Å². The Balaban J connectivity index is 1.87. The van der Waals surface area contributed by atoms with E-state index in [0.29, 0.717) is 24.7 Å². The van der Waals surface area contributed by atoms with Gasteiger partial charge >= 0.3 is 6.36 Å². The third-order valence-electron chi connectivity index (χ3n) is 4.67. The lowest BCUT2D eigenvalue weighted by molar-refractivity contribution is -0.275. The van der Waals surface area contributed by atoms with E-state index in [2.05, 4.69) is 4.74 Å². The van der Waals surface area contributed by atoms with Gasteiger partial charge in [0, 0.05) is 5.56 Å². The van der Waals surface area contributed by atoms with Crippen LogP contribution in [0.25, 0.3) is 0 Å². The van der Waals surface area contributed by atoms with Gasteiger partial charge in [0.1, 0.15) is 5.75 Å². The first-order valence-corrected chi connectivity index (χ1v) is 7.45. The molecule has 0 saturated heterocycles. The number of benzene rings is 1. The first-order chi connectivity index (χ1) is 9.87. The van der Waals surface area contributed by atoms with Gasteiger partial charge in [0.2, 0.25) is 0 Å². The van der Waals surface area contributed by atoms with Gasteiger partial charge in [-0.05, 0) is 56.4 Å². The first kappa shape index (κ1) is 14.7. The first-order valence-electron chi connectivity index (χ1n) is 7.45. The Morgan fingerprint density at radius 1 is 1.10 bits per heavy atom. The normalized spacial score (nSPS) is 30.2. The highest BCUT2D eigenvalue weighted by Gasteiger charge is 2.44. The van der Waals surface area contributed by atoms with Gasteiger partial charge in [-0.1, -0.05) is 18.2 Å². The molecule has 0 bridgehead atoms. The molecule has 0 amide bonds. The summed E-state index contributed by atoms with van der Waals surface area (Å²) in [5.74, 6) is 0.791. The van der Waals surface area contributed by atoms with E-state index in [-0.39, 0.29) is 11.3 Å². The van der Waals surface area contributed by atoms with E-state index in [0.717, 1.165) is 12.8 Å². The molecule has 21 heavy (non-hydrogen) atoms. The summed E-state index contributed by atoms with van der Waals surface area (Å²) >= 11 is 0. The van der Waals surface area contributed by atoms with Gasteiger partial charge in [0.15, 0.2) is 0 Å². The number of hydrogen-bond donors (Lipinski definition) is 1. The lowest BCUT2D eigenvalue weighted by atomic mass is 9.72. The third kappa shape index (κ3) is 3.34. The maximum Gasteiger partial charge on any atom is 0.573 e. The zero-order chi connectivity index (χ0) is 15.1. The van der Waals surface area contributed by atoms with Crippen molar-refractivity contribution >= 4 is 0 Å². The Bertz CT molecular complexity index is 510. The van der Waals surface area contributed by atoms with Gasteiger partial charge in [-0.2, -0.15) is 0 Å². The van der Waals surface area contributed by atoms with E-state index >= 15 is 0 Å². The average molecular weight is 300 g/mol. The molecule has 2 unspecified atom stereocenters. The largest absolute Gasteiger partial charge is 0.573 e. The summed E-state index contributed by atoms with van der Waals surface area (Å²) in [5.41, 5.74) is -0.930. The molecule has 0 spiro atoms. The number of alkyl halides is 3. The molecule has 2 fully saturated rings. The van der Waals surface area contributed by atoms with Crippen LogP contribution in [-0.4, -0.2) is 11.5 Å². The molecule has 1 aromatic rings. The predicted octanol–water partition coefficient (Wildman–Crippen LogP) is 4.37. The molecule has 1 aromatic carbocycles. The molecule has 3 rings (SSSR count). The fourth-order valence-corrected chi connectivity index (χ4v) is 3.57. The summed E-state index contributed by atoms with van der Waals surface area (Å²) < 4.78 is 41.7. The van der Waals surface area contributed by atoms with Crippen molar-refractivity contribution in [3.63, 3.8) is 0 Å². The molecule has 116 valence electrons. The molecule has 2 nitrogen and oxygen atoms in total. The van der Waals surface area contributed by atoms with E-state index in [9.17, 15) is 18.3 Å². The van der Waals surface area contributed by atoms with Crippen LogP contribution in [0.2, 0.25) is 0 Å². The number of rotatable bonds is 3. The number of hydrogen-bond acceptors (Lipinski definition) is 2. The maximum absolute atomic E-state index is 12.5. The van der Waals surface area contributed by atoms with E-state index < -0.39 is 12.0 Å². The minimum Gasteiger partial charge on any atom is -0.405 e. The molecule has 5 heteroatoms. The number of halogens is 3. The summed E-state index contributed by atoms with van der Waals surface area (Å²) in [7, 11) is 0. The van der Waals surface area contributed by atoms with Crippen LogP contribution in [0, 0.1) is 11.8 Å². The van der Waals surface area contributed by atoms with Crippen LogP contribution in [0.15, 0.2) is 24.3 Å².